The van der Waals surface area contributed by atoms with E-state index in [4.69, 9.17) is 4.74 Å². The highest BCUT2D eigenvalue weighted by Crippen LogP contribution is 2.34. The van der Waals surface area contributed by atoms with Gasteiger partial charge in [-0.15, -0.1) is 0 Å². The number of aromatic hydroxyl groups is 2. The fourth-order valence-corrected chi connectivity index (χ4v) is 2.31. The van der Waals surface area contributed by atoms with E-state index < -0.39 is 11.7 Å². The molecule has 128 valence electrons. The maximum absolute atomic E-state index is 12.5. The number of ether oxygens (including phenoxy) is 1. The van der Waals surface area contributed by atoms with E-state index in [1.807, 2.05) is 0 Å². The van der Waals surface area contributed by atoms with Gasteiger partial charge in [-0.2, -0.15) is 13.2 Å². The van der Waals surface area contributed by atoms with E-state index in [2.05, 4.69) is 0 Å². The van der Waals surface area contributed by atoms with Gasteiger partial charge in [0.25, 0.3) is 0 Å². The number of rotatable bonds is 3. The van der Waals surface area contributed by atoms with Gasteiger partial charge in [0.15, 0.2) is 0 Å². The molecule has 0 heterocycles. The molecule has 0 aliphatic carbocycles. The van der Waals surface area contributed by atoms with E-state index in [0.717, 1.165) is 12.1 Å². The average Bonchev–Trinajstić information content (AvgIpc) is 2.58. The summed E-state index contributed by atoms with van der Waals surface area (Å²) >= 11 is 0. The highest BCUT2D eigenvalue weighted by Gasteiger charge is 2.30. The van der Waals surface area contributed by atoms with E-state index in [1.165, 1.54) is 30.3 Å². The Labute approximate surface area is 141 Å². The predicted molar refractivity (Wildman–Crippen MR) is 86.7 cm³/mol. The van der Waals surface area contributed by atoms with Gasteiger partial charge in [0.05, 0.1) is 5.56 Å². The van der Waals surface area contributed by atoms with Crippen LogP contribution in [-0.2, 0) is 6.18 Å². The quantitative estimate of drug-likeness (QED) is 0.609. The zero-order valence-corrected chi connectivity index (χ0v) is 12.8. The molecule has 0 amide bonds. The van der Waals surface area contributed by atoms with Gasteiger partial charge in [0.2, 0.25) is 0 Å². The molecule has 0 atom stereocenters. The molecular weight excluding hydrogens is 333 g/mol. The van der Waals surface area contributed by atoms with Crippen LogP contribution in [0.1, 0.15) is 5.56 Å². The monoisotopic (exact) mass is 346 g/mol. The van der Waals surface area contributed by atoms with Gasteiger partial charge in [-0.05, 0) is 60.2 Å². The number of phenols is 2. The first-order chi connectivity index (χ1) is 11.8. The topological polar surface area (TPSA) is 49.7 Å². The number of alkyl halides is 3. The Morgan fingerprint density at radius 3 is 1.84 bits per heavy atom. The Kier molecular flexibility index (Phi) is 4.27. The first-order valence-corrected chi connectivity index (χ1v) is 7.30. The number of halogens is 3. The predicted octanol–water partition coefficient (Wildman–Crippen LogP) is 5.58. The molecule has 6 heteroatoms. The molecule has 3 nitrogen and oxygen atoms in total. The van der Waals surface area contributed by atoms with Crippen molar-refractivity contribution in [2.24, 2.45) is 0 Å². The van der Waals surface area contributed by atoms with Crippen molar-refractivity contribution in [2.45, 2.75) is 6.18 Å². The van der Waals surface area contributed by atoms with Crippen molar-refractivity contribution in [3.05, 3.63) is 72.3 Å². The van der Waals surface area contributed by atoms with Crippen LogP contribution in [0.15, 0.2) is 66.7 Å². The van der Waals surface area contributed by atoms with Crippen LogP contribution >= 0.6 is 0 Å². The normalized spacial score (nSPS) is 11.3. The van der Waals surface area contributed by atoms with Gasteiger partial charge in [-0.25, -0.2) is 0 Å². The standard InChI is InChI=1S/C19H13F3O3/c20-19(21,22)13-3-8-16(9-4-13)25-15-6-1-12(2-7-15)17-11-14(23)5-10-18(17)24/h1-11,23-24H. The Balaban J connectivity index is 1.78. The molecule has 0 spiro atoms. The Hall–Kier alpha value is -3.15. The molecule has 0 aliphatic heterocycles. The molecule has 0 radical (unpaired) electrons. The van der Waals surface area contributed by atoms with E-state index in [0.29, 0.717) is 16.9 Å². The summed E-state index contributed by atoms with van der Waals surface area (Å²) in [6.07, 6.45) is -4.39. The number of hydrogen-bond acceptors (Lipinski definition) is 3. The minimum atomic E-state index is -4.39. The van der Waals surface area contributed by atoms with Crippen molar-refractivity contribution in [3.8, 4) is 34.1 Å². The van der Waals surface area contributed by atoms with Crippen molar-refractivity contribution < 1.29 is 28.1 Å². The fraction of sp³-hybridized carbons (Fsp3) is 0.0526. The third-order valence-corrected chi connectivity index (χ3v) is 3.56. The second-order valence-electron chi connectivity index (χ2n) is 5.35. The summed E-state index contributed by atoms with van der Waals surface area (Å²) in [4.78, 5) is 0. The molecular formula is C19H13F3O3. The lowest BCUT2D eigenvalue weighted by Crippen LogP contribution is -2.03. The number of phenolic OH excluding ortho intramolecular Hbond substituents is 2. The largest absolute Gasteiger partial charge is 0.508 e. The molecule has 0 unspecified atom stereocenters. The first kappa shape index (κ1) is 16.7. The molecule has 0 aliphatic rings. The van der Waals surface area contributed by atoms with Gasteiger partial charge < -0.3 is 14.9 Å². The van der Waals surface area contributed by atoms with Gasteiger partial charge in [-0.1, -0.05) is 12.1 Å². The van der Waals surface area contributed by atoms with Gasteiger partial charge >= 0.3 is 6.18 Å². The van der Waals surface area contributed by atoms with Gasteiger partial charge in [-0.3, -0.25) is 0 Å². The highest BCUT2D eigenvalue weighted by molar-refractivity contribution is 5.72. The van der Waals surface area contributed by atoms with E-state index in [9.17, 15) is 23.4 Å². The smallest absolute Gasteiger partial charge is 0.416 e. The third-order valence-electron chi connectivity index (χ3n) is 3.56. The lowest BCUT2D eigenvalue weighted by Gasteiger charge is -2.10. The van der Waals surface area contributed by atoms with Crippen LogP contribution in [0.2, 0.25) is 0 Å². The van der Waals surface area contributed by atoms with Crippen molar-refractivity contribution >= 4 is 0 Å². The Morgan fingerprint density at radius 1 is 0.720 bits per heavy atom. The first-order valence-electron chi connectivity index (χ1n) is 7.30. The molecule has 0 saturated heterocycles. The molecule has 3 aromatic rings. The molecule has 0 fully saturated rings. The van der Waals surface area contributed by atoms with Gasteiger partial charge in [0, 0.05) is 5.56 Å². The maximum atomic E-state index is 12.5. The van der Waals surface area contributed by atoms with Crippen LogP contribution in [0.25, 0.3) is 11.1 Å². The Morgan fingerprint density at radius 2 is 1.28 bits per heavy atom. The van der Waals surface area contributed by atoms with Crippen LogP contribution in [0.3, 0.4) is 0 Å². The van der Waals surface area contributed by atoms with Crippen molar-refractivity contribution in [2.75, 3.05) is 0 Å². The number of hydrogen-bond donors (Lipinski definition) is 2. The fourth-order valence-electron chi connectivity index (χ4n) is 2.31. The minimum absolute atomic E-state index is 0.0224. The van der Waals surface area contributed by atoms with Crippen molar-refractivity contribution in [1.82, 2.24) is 0 Å². The lowest BCUT2D eigenvalue weighted by atomic mass is 10.0. The second kappa shape index (κ2) is 6.39. The second-order valence-corrected chi connectivity index (χ2v) is 5.35. The van der Waals surface area contributed by atoms with Crippen LogP contribution in [0.4, 0.5) is 13.2 Å². The zero-order valence-electron chi connectivity index (χ0n) is 12.8. The van der Waals surface area contributed by atoms with Gasteiger partial charge in [0.1, 0.15) is 23.0 Å². The average molecular weight is 346 g/mol. The summed E-state index contributed by atoms with van der Waals surface area (Å²) in [6, 6.07) is 15.2. The van der Waals surface area contributed by atoms with E-state index in [-0.39, 0.29) is 17.2 Å². The summed E-state index contributed by atoms with van der Waals surface area (Å²) in [6.45, 7) is 0. The summed E-state index contributed by atoms with van der Waals surface area (Å²) < 4.78 is 43.1. The maximum Gasteiger partial charge on any atom is 0.416 e. The summed E-state index contributed by atoms with van der Waals surface area (Å²) in [7, 11) is 0. The lowest BCUT2D eigenvalue weighted by molar-refractivity contribution is -0.137. The van der Waals surface area contributed by atoms with Crippen molar-refractivity contribution in [3.63, 3.8) is 0 Å². The Bertz CT molecular complexity index is 870. The highest BCUT2D eigenvalue weighted by atomic mass is 19.4. The molecule has 3 aromatic carbocycles. The SMILES string of the molecule is Oc1ccc(O)c(-c2ccc(Oc3ccc(C(F)(F)F)cc3)cc2)c1. The molecule has 25 heavy (non-hydrogen) atoms. The van der Waals surface area contributed by atoms with Crippen LogP contribution in [0, 0.1) is 0 Å². The molecule has 2 N–H and O–H groups in total. The minimum Gasteiger partial charge on any atom is -0.508 e. The zero-order chi connectivity index (χ0) is 18.0. The molecule has 0 saturated carbocycles. The summed E-state index contributed by atoms with van der Waals surface area (Å²) in [5.74, 6) is 0.760. The van der Waals surface area contributed by atoms with E-state index in [1.54, 1.807) is 24.3 Å². The summed E-state index contributed by atoms with van der Waals surface area (Å²) in [5.41, 5.74) is 0.379. The van der Waals surface area contributed by atoms with Crippen LogP contribution in [0.5, 0.6) is 23.0 Å². The van der Waals surface area contributed by atoms with Crippen LogP contribution < -0.4 is 4.74 Å². The third kappa shape index (κ3) is 3.85. The molecule has 0 bridgehead atoms. The molecule has 0 aromatic heterocycles. The summed E-state index contributed by atoms with van der Waals surface area (Å²) in [5, 5.41) is 19.4. The van der Waals surface area contributed by atoms with Crippen LogP contribution in [-0.4, -0.2) is 10.2 Å². The molecule has 3 rings (SSSR count). The van der Waals surface area contributed by atoms with E-state index >= 15 is 0 Å². The van der Waals surface area contributed by atoms with Crippen molar-refractivity contribution in [1.29, 1.82) is 0 Å². The number of benzene rings is 3.